The van der Waals surface area contributed by atoms with Crippen LogP contribution in [0.4, 0.5) is 4.79 Å². The molecule has 1 fully saturated rings. The molecule has 0 spiro atoms. The lowest BCUT2D eigenvalue weighted by Gasteiger charge is -2.18. The van der Waals surface area contributed by atoms with Crippen LogP contribution in [-0.4, -0.2) is 33.8 Å². The molecule has 1 aromatic rings. The maximum Gasteiger partial charge on any atom is 0.326 e. The second kappa shape index (κ2) is 5.40. The fourth-order valence-corrected chi connectivity index (χ4v) is 1.85. The average molecular weight is 278 g/mol. The van der Waals surface area contributed by atoms with Crippen molar-refractivity contribution in [3.8, 4) is 5.75 Å². The molecule has 20 heavy (non-hydrogen) atoms. The third-order valence-corrected chi connectivity index (χ3v) is 3.39. The SMILES string of the molecule is CC1(NC(=O)NC(Cc2ccc(O)cc2)C(=O)O)CC1. The van der Waals surface area contributed by atoms with E-state index in [2.05, 4.69) is 10.6 Å². The zero-order valence-corrected chi connectivity index (χ0v) is 11.2. The minimum absolute atomic E-state index is 0.119. The van der Waals surface area contributed by atoms with E-state index in [0.29, 0.717) is 0 Å². The Morgan fingerprint density at radius 2 is 1.90 bits per heavy atom. The molecule has 6 nitrogen and oxygen atoms in total. The van der Waals surface area contributed by atoms with Gasteiger partial charge in [0, 0.05) is 12.0 Å². The predicted octanol–water partition coefficient (Wildman–Crippen LogP) is 1.24. The van der Waals surface area contributed by atoms with Gasteiger partial charge in [-0.25, -0.2) is 9.59 Å². The number of aliphatic carboxylic acids is 1. The largest absolute Gasteiger partial charge is 0.508 e. The van der Waals surface area contributed by atoms with E-state index in [-0.39, 0.29) is 17.7 Å². The monoisotopic (exact) mass is 278 g/mol. The molecular weight excluding hydrogens is 260 g/mol. The summed E-state index contributed by atoms with van der Waals surface area (Å²) in [7, 11) is 0. The van der Waals surface area contributed by atoms with Gasteiger partial charge in [0.25, 0.3) is 0 Å². The molecule has 0 aliphatic heterocycles. The number of hydrogen-bond acceptors (Lipinski definition) is 3. The molecule has 1 saturated carbocycles. The fraction of sp³-hybridized carbons (Fsp3) is 0.429. The van der Waals surface area contributed by atoms with Gasteiger partial charge in [-0.15, -0.1) is 0 Å². The summed E-state index contributed by atoms with van der Waals surface area (Å²) in [4.78, 5) is 22.9. The molecule has 1 aliphatic carbocycles. The van der Waals surface area contributed by atoms with Gasteiger partial charge >= 0.3 is 12.0 Å². The summed E-state index contributed by atoms with van der Waals surface area (Å²) in [5.74, 6) is -0.970. The standard InChI is InChI=1S/C14H18N2O4/c1-14(6-7-14)16-13(20)15-11(12(18)19)8-9-2-4-10(17)5-3-9/h2-5,11,17H,6-8H2,1H3,(H,18,19)(H2,15,16,20). The van der Waals surface area contributed by atoms with E-state index in [0.717, 1.165) is 18.4 Å². The van der Waals surface area contributed by atoms with Gasteiger partial charge in [-0.3, -0.25) is 0 Å². The fourth-order valence-electron chi connectivity index (χ4n) is 1.85. The van der Waals surface area contributed by atoms with Gasteiger partial charge in [-0.05, 0) is 37.5 Å². The van der Waals surface area contributed by atoms with E-state index in [1.165, 1.54) is 12.1 Å². The van der Waals surface area contributed by atoms with Crippen LogP contribution in [0.15, 0.2) is 24.3 Å². The van der Waals surface area contributed by atoms with E-state index in [1.54, 1.807) is 12.1 Å². The molecule has 0 heterocycles. The van der Waals surface area contributed by atoms with E-state index in [4.69, 9.17) is 5.11 Å². The molecular formula is C14H18N2O4. The van der Waals surface area contributed by atoms with Crippen molar-refractivity contribution < 1.29 is 19.8 Å². The highest BCUT2D eigenvalue weighted by Crippen LogP contribution is 2.34. The highest BCUT2D eigenvalue weighted by atomic mass is 16.4. The molecule has 0 aromatic heterocycles. The lowest BCUT2D eigenvalue weighted by molar-refractivity contribution is -0.139. The quantitative estimate of drug-likeness (QED) is 0.651. The van der Waals surface area contributed by atoms with Crippen LogP contribution >= 0.6 is 0 Å². The highest BCUT2D eigenvalue weighted by Gasteiger charge is 2.39. The molecule has 6 heteroatoms. The van der Waals surface area contributed by atoms with E-state index < -0.39 is 18.0 Å². The van der Waals surface area contributed by atoms with Crippen LogP contribution in [0.2, 0.25) is 0 Å². The number of nitrogens with one attached hydrogen (secondary N) is 2. The van der Waals surface area contributed by atoms with Crippen LogP contribution in [0.5, 0.6) is 5.75 Å². The first-order valence-electron chi connectivity index (χ1n) is 6.47. The summed E-state index contributed by atoms with van der Waals surface area (Å²) < 4.78 is 0. The van der Waals surface area contributed by atoms with Crippen LogP contribution in [0, 0.1) is 0 Å². The minimum Gasteiger partial charge on any atom is -0.508 e. The number of hydrogen-bond donors (Lipinski definition) is 4. The summed E-state index contributed by atoms with van der Waals surface area (Å²) >= 11 is 0. The smallest absolute Gasteiger partial charge is 0.326 e. The summed E-state index contributed by atoms with van der Waals surface area (Å²) in [6.45, 7) is 1.92. The van der Waals surface area contributed by atoms with Crippen LogP contribution in [0.1, 0.15) is 25.3 Å². The Hall–Kier alpha value is -2.24. The Morgan fingerprint density at radius 1 is 1.30 bits per heavy atom. The van der Waals surface area contributed by atoms with Gasteiger partial charge in [0.15, 0.2) is 0 Å². The summed E-state index contributed by atoms with van der Waals surface area (Å²) in [6, 6.07) is 4.78. The zero-order chi connectivity index (χ0) is 14.8. The van der Waals surface area contributed by atoms with Crippen molar-refractivity contribution in [3.63, 3.8) is 0 Å². The van der Waals surface area contributed by atoms with Crippen molar-refractivity contribution in [1.82, 2.24) is 10.6 Å². The van der Waals surface area contributed by atoms with Crippen molar-refractivity contribution in [2.75, 3.05) is 0 Å². The van der Waals surface area contributed by atoms with Crippen molar-refractivity contribution in [3.05, 3.63) is 29.8 Å². The number of urea groups is 1. The van der Waals surface area contributed by atoms with Gasteiger partial charge in [0.2, 0.25) is 0 Å². The van der Waals surface area contributed by atoms with E-state index in [9.17, 15) is 14.7 Å². The van der Waals surface area contributed by atoms with Gasteiger partial charge in [-0.2, -0.15) is 0 Å². The highest BCUT2D eigenvalue weighted by molar-refractivity contribution is 5.83. The second-order valence-corrected chi connectivity index (χ2v) is 5.42. The number of carbonyl (C=O) groups is 2. The normalized spacial score (nSPS) is 17.1. The summed E-state index contributed by atoms with van der Waals surface area (Å²) in [6.07, 6.45) is 1.99. The lowest BCUT2D eigenvalue weighted by atomic mass is 10.1. The van der Waals surface area contributed by atoms with Gasteiger partial charge in [0.05, 0.1) is 0 Å². The van der Waals surface area contributed by atoms with Gasteiger partial charge in [-0.1, -0.05) is 12.1 Å². The van der Waals surface area contributed by atoms with Crippen LogP contribution < -0.4 is 10.6 Å². The number of carboxylic acids is 1. The second-order valence-electron chi connectivity index (χ2n) is 5.42. The average Bonchev–Trinajstić information content (AvgIpc) is 3.08. The Labute approximate surface area is 116 Å². The molecule has 0 radical (unpaired) electrons. The number of carbonyl (C=O) groups excluding carboxylic acids is 1. The topological polar surface area (TPSA) is 98.7 Å². The van der Waals surface area contributed by atoms with Crippen LogP contribution in [-0.2, 0) is 11.2 Å². The molecule has 1 unspecified atom stereocenters. The molecule has 0 bridgehead atoms. The Kier molecular flexibility index (Phi) is 3.83. The molecule has 2 amide bonds. The molecule has 2 rings (SSSR count). The molecule has 1 atom stereocenters. The van der Waals surface area contributed by atoms with Crippen molar-refractivity contribution in [2.24, 2.45) is 0 Å². The number of carboxylic acid groups (broad SMARTS) is 1. The summed E-state index contributed by atoms with van der Waals surface area (Å²) in [5, 5.41) is 23.6. The van der Waals surface area contributed by atoms with Crippen molar-refractivity contribution >= 4 is 12.0 Å². The Balaban J connectivity index is 1.94. The third kappa shape index (κ3) is 3.88. The first kappa shape index (κ1) is 14.2. The first-order valence-corrected chi connectivity index (χ1v) is 6.47. The van der Waals surface area contributed by atoms with Gasteiger partial charge < -0.3 is 20.8 Å². The molecule has 1 aliphatic rings. The predicted molar refractivity (Wildman–Crippen MR) is 72.5 cm³/mol. The summed E-state index contributed by atoms with van der Waals surface area (Å²) in [5.41, 5.74) is 0.541. The molecule has 0 saturated heterocycles. The molecule has 108 valence electrons. The Bertz CT molecular complexity index is 508. The van der Waals surface area contributed by atoms with Crippen molar-refractivity contribution in [1.29, 1.82) is 0 Å². The number of amides is 2. The molecule has 1 aromatic carbocycles. The Morgan fingerprint density at radius 3 is 2.40 bits per heavy atom. The maximum absolute atomic E-state index is 11.7. The number of rotatable bonds is 5. The number of phenolic OH excluding ortho intramolecular Hbond substituents is 1. The van der Waals surface area contributed by atoms with Crippen molar-refractivity contribution in [2.45, 2.75) is 37.8 Å². The van der Waals surface area contributed by atoms with Crippen LogP contribution in [0.3, 0.4) is 0 Å². The first-order chi connectivity index (χ1) is 9.38. The van der Waals surface area contributed by atoms with Gasteiger partial charge in [0.1, 0.15) is 11.8 Å². The maximum atomic E-state index is 11.7. The number of benzene rings is 1. The number of phenols is 1. The van der Waals surface area contributed by atoms with E-state index >= 15 is 0 Å². The third-order valence-electron chi connectivity index (χ3n) is 3.39. The van der Waals surface area contributed by atoms with Crippen LogP contribution in [0.25, 0.3) is 0 Å². The van der Waals surface area contributed by atoms with E-state index in [1.807, 2.05) is 6.92 Å². The lowest BCUT2D eigenvalue weighted by Crippen LogP contribution is -2.50. The number of aromatic hydroxyl groups is 1. The molecule has 4 N–H and O–H groups in total. The zero-order valence-electron chi connectivity index (χ0n) is 11.2. The minimum atomic E-state index is -1.09.